The lowest BCUT2D eigenvalue weighted by Gasteiger charge is -2.09. The number of benzene rings is 1. The van der Waals surface area contributed by atoms with Crippen molar-refractivity contribution in [3.63, 3.8) is 0 Å². The van der Waals surface area contributed by atoms with Gasteiger partial charge in [0.2, 0.25) is 0 Å². The van der Waals surface area contributed by atoms with E-state index < -0.39 is 5.82 Å². The quantitative estimate of drug-likeness (QED) is 0.873. The van der Waals surface area contributed by atoms with Crippen molar-refractivity contribution in [1.82, 2.24) is 4.98 Å². The highest BCUT2D eigenvalue weighted by molar-refractivity contribution is 5.45. The number of nitrogens with zero attached hydrogens (tertiary/aromatic N) is 1. The van der Waals surface area contributed by atoms with Crippen molar-refractivity contribution in [3.8, 4) is 11.5 Å². The third-order valence-corrected chi connectivity index (χ3v) is 2.48. The molecule has 0 saturated heterocycles. The predicted molar refractivity (Wildman–Crippen MR) is 66.2 cm³/mol. The first kappa shape index (κ1) is 12.2. The van der Waals surface area contributed by atoms with Crippen LogP contribution in [0.1, 0.15) is 5.56 Å². The molecule has 0 aliphatic heterocycles. The second-order valence-electron chi connectivity index (χ2n) is 3.74. The number of phenols is 1. The minimum Gasteiger partial charge on any atom is -0.507 e. The van der Waals surface area contributed by atoms with Crippen molar-refractivity contribution >= 4 is 5.69 Å². The van der Waals surface area contributed by atoms with E-state index in [9.17, 15) is 9.50 Å². The van der Waals surface area contributed by atoms with Crippen LogP contribution in [0.25, 0.3) is 0 Å². The van der Waals surface area contributed by atoms with E-state index in [1.165, 1.54) is 25.4 Å². The monoisotopic (exact) mass is 248 g/mol. The van der Waals surface area contributed by atoms with E-state index in [1.807, 2.05) is 0 Å². The number of aromatic nitrogens is 1. The Morgan fingerprint density at radius 2 is 2.17 bits per heavy atom. The van der Waals surface area contributed by atoms with E-state index in [1.54, 1.807) is 12.1 Å². The Morgan fingerprint density at radius 3 is 2.83 bits per heavy atom. The molecule has 1 aromatic carbocycles. The summed E-state index contributed by atoms with van der Waals surface area (Å²) in [6, 6.07) is 6.36. The maximum absolute atomic E-state index is 12.9. The van der Waals surface area contributed by atoms with Crippen LogP contribution < -0.4 is 10.1 Å². The van der Waals surface area contributed by atoms with Gasteiger partial charge in [0.1, 0.15) is 17.3 Å². The Bertz CT molecular complexity index is 546. The summed E-state index contributed by atoms with van der Waals surface area (Å²) in [7, 11) is 1.53. The average Bonchev–Trinajstić information content (AvgIpc) is 2.37. The van der Waals surface area contributed by atoms with Crippen LogP contribution in [-0.2, 0) is 6.54 Å². The van der Waals surface area contributed by atoms with Crippen molar-refractivity contribution in [2.24, 2.45) is 0 Å². The van der Waals surface area contributed by atoms with E-state index in [2.05, 4.69) is 10.3 Å². The van der Waals surface area contributed by atoms with E-state index in [4.69, 9.17) is 4.74 Å². The van der Waals surface area contributed by atoms with Crippen molar-refractivity contribution in [3.05, 3.63) is 48.0 Å². The Hall–Kier alpha value is -2.30. The first-order valence-electron chi connectivity index (χ1n) is 5.39. The molecule has 1 heterocycles. The van der Waals surface area contributed by atoms with Crippen LogP contribution in [-0.4, -0.2) is 17.2 Å². The molecule has 2 N–H and O–H groups in total. The van der Waals surface area contributed by atoms with Crippen molar-refractivity contribution in [2.45, 2.75) is 6.54 Å². The van der Waals surface area contributed by atoms with Crippen LogP contribution >= 0.6 is 0 Å². The fraction of sp³-hybridized carbons (Fsp3) is 0.154. The van der Waals surface area contributed by atoms with E-state index in [0.29, 0.717) is 23.5 Å². The Morgan fingerprint density at radius 1 is 1.33 bits per heavy atom. The van der Waals surface area contributed by atoms with Crippen LogP contribution in [0, 0.1) is 5.82 Å². The SMILES string of the molecule is COc1ccc(CNc2cncc(F)c2)c(O)c1. The summed E-state index contributed by atoms with van der Waals surface area (Å²) in [5.41, 5.74) is 1.25. The molecule has 0 saturated carbocycles. The zero-order chi connectivity index (χ0) is 13.0. The standard InChI is InChI=1S/C13H13FN2O2/c1-18-12-3-2-9(13(17)5-12)6-16-11-4-10(14)7-15-8-11/h2-5,7-8,16-17H,6H2,1H3. The van der Waals surface area contributed by atoms with Gasteiger partial charge in [0, 0.05) is 24.2 Å². The van der Waals surface area contributed by atoms with Crippen LogP contribution in [0.15, 0.2) is 36.7 Å². The van der Waals surface area contributed by atoms with Crippen LogP contribution in [0.5, 0.6) is 11.5 Å². The molecule has 5 heteroatoms. The topological polar surface area (TPSA) is 54.4 Å². The molecule has 0 amide bonds. The average molecular weight is 248 g/mol. The molecule has 0 aliphatic rings. The summed E-state index contributed by atoms with van der Waals surface area (Å²) in [6.07, 6.45) is 2.65. The zero-order valence-corrected chi connectivity index (χ0v) is 9.85. The van der Waals surface area contributed by atoms with Gasteiger partial charge in [-0.05, 0) is 12.1 Å². The van der Waals surface area contributed by atoms with Gasteiger partial charge < -0.3 is 15.2 Å². The molecule has 4 nitrogen and oxygen atoms in total. The van der Waals surface area contributed by atoms with Crippen molar-refractivity contribution < 1.29 is 14.2 Å². The lowest BCUT2D eigenvalue weighted by Crippen LogP contribution is -2.00. The van der Waals surface area contributed by atoms with E-state index >= 15 is 0 Å². The number of phenolic OH excluding ortho intramolecular Hbond substituents is 1. The van der Waals surface area contributed by atoms with Gasteiger partial charge in [0.15, 0.2) is 0 Å². The van der Waals surface area contributed by atoms with Crippen molar-refractivity contribution in [2.75, 3.05) is 12.4 Å². The molecule has 0 radical (unpaired) electrons. The maximum atomic E-state index is 12.9. The summed E-state index contributed by atoms with van der Waals surface area (Å²) in [4.78, 5) is 3.73. The van der Waals surface area contributed by atoms with Gasteiger partial charge in [-0.15, -0.1) is 0 Å². The Labute approximate surface area is 104 Å². The second kappa shape index (κ2) is 5.35. The Balaban J connectivity index is 2.06. The molecular formula is C13H13FN2O2. The van der Waals surface area contributed by atoms with Gasteiger partial charge in [0.25, 0.3) is 0 Å². The normalized spacial score (nSPS) is 10.1. The third-order valence-electron chi connectivity index (χ3n) is 2.48. The molecule has 1 aromatic heterocycles. The fourth-order valence-corrected chi connectivity index (χ4v) is 1.53. The molecule has 18 heavy (non-hydrogen) atoms. The molecule has 0 fully saturated rings. The minimum atomic E-state index is -0.404. The van der Waals surface area contributed by atoms with Crippen LogP contribution in [0.2, 0.25) is 0 Å². The summed E-state index contributed by atoms with van der Waals surface area (Å²) < 4.78 is 17.9. The summed E-state index contributed by atoms with van der Waals surface area (Å²) >= 11 is 0. The first-order valence-corrected chi connectivity index (χ1v) is 5.39. The predicted octanol–water partition coefficient (Wildman–Crippen LogP) is 2.55. The Kier molecular flexibility index (Phi) is 3.62. The molecule has 2 aromatic rings. The van der Waals surface area contributed by atoms with E-state index in [-0.39, 0.29) is 5.75 Å². The van der Waals surface area contributed by atoms with Crippen molar-refractivity contribution in [1.29, 1.82) is 0 Å². The smallest absolute Gasteiger partial charge is 0.143 e. The number of hydrogen-bond donors (Lipinski definition) is 2. The van der Waals surface area contributed by atoms with Gasteiger partial charge in [-0.25, -0.2) is 4.39 Å². The molecular weight excluding hydrogens is 235 g/mol. The van der Waals surface area contributed by atoms with Gasteiger partial charge in [-0.3, -0.25) is 4.98 Å². The number of pyridine rings is 1. The zero-order valence-electron chi connectivity index (χ0n) is 9.85. The van der Waals surface area contributed by atoms with Gasteiger partial charge in [0.05, 0.1) is 25.2 Å². The molecule has 94 valence electrons. The molecule has 2 rings (SSSR count). The maximum Gasteiger partial charge on any atom is 0.143 e. The molecule has 0 atom stereocenters. The number of nitrogens with one attached hydrogen (secondary N) is 1. The summed E-state index contributed by atoms with van der Waals surface area (Å²) in [6.45, 7) is 0.376. The number of ether oxygens (including phenoxy) is 1. The number of rotatable bonds is 4. The van der Waals surface area contributed by atoms with Gasteiger partial charge in [-0.2, -0.15) is 0 Å². The molecule has 0 bridgehead atoms. The highest BCUT2D eigenvalue weighted by Gasteiger charge is 2.03. The largest absolute Gasteiger partial charge is 0.507 e. The lowest BCUT2D eigenvalue weighted by atomic mass is 10.2. The summed E-state index contributed by atoms with van der Waals surface area (Å²) in [5, 5.41) is 12.7. The number of hydrogen-bond acceptors (Lipinski definition) is 4. The number of halogens is 1. The molecule has 0 unspecified atom stereocenters. The highest BCUT2D eigenvalue weighted by atomic mass is 19.1. The minimum absolute atomic E-state index is 0.131. The van der Waals surface area contributed by atoms with Gasteiger partial charge >= 0.3 is 0 Å². The van der Waals surface area contributed by atoms with Crippen LogP contribution in [0.4, 0.5) is 10.1 Å². The lowest BCUT2D eigenvalue weighted by molar-refractivity contribution is 0.406. The van der Waals surface area contributed by atoms with Gasteiger partial charge in [-0.1, -0.05) is 0 Å². The first-order chi connectivity index (χ1) is 8.69. The second-order valence-corrected chi connectivity index (χ2v) is 3.74. The number of methoxy groups -OCH3 is 1. The molecule has 0 aliphatic carbocycles. The highest BCUT2D eigenvalue weighted by Crippen LogP contribution is 2.24. The number of anilines is 1. The van der Waals surface area contributed by atoms with Crippen LogP contribution in [0.3, 0.4) is 0 Å². The fourth-order valence-electron chi connectivity index (χ4n) is 1.53. The third kappa shape index (κ3) is 2.88. The number of aromatic hydroxyl groups is 1. The molecule has 0 spiro atoms. The summed E-state index contributed by atoms with van der Waals surface area (Å²) in [5.74, 6) is 0.314. The van der Waals surface area contributed by atoms with E-state index in [0.717, 1.165) is 6.20 Å².